The van der Waals surface area contributed by atoms with Crippen LogP contribution in [-0.4, -0.2) is 13.0 Å². The summed E-state index contributed by atoms with van der Waals surface area (Å²) in [5.41, 5.74) is 7.04. The van der Waals surface area contributed by atoms with Crippen molar-refractivity contribution in [1.82, 2.24) is 0 Å². The molecule has 0 saturated heterocycles. The van der Waals surface area contributed by atoms with E-state index in [2.05, 4.69) is 21.2 Å². The molecule has 0 aliphatic carbocycles. The Hall–Kier alpha value is -1.72. The van der Waals surface area contributed by atoms with E-state index in [1.54, 1.807) is 36.4 Å². The van der Waals surface area contributed by atoms with Crippen molar-refractivity contribution in [1.29, 1.82) is 0 Å². The van der Waals surface area contributed by atoms with Gasteiger partial charge in [0, 0.05) is 10.2 Å². The molecule has 3 N–H and O–H groups in total. The highest BCUT2D eigenvalue weighted by molar-refractivity contribution is 9.10. The number of hydrogen-bond acceptors (Lipinski definition) is 3. The van der Waals surface area contributed by atoms with E-state index in [0.717, 1.165) is 4.47 Å². The van der Waals surface area contributed by atoms with Gasteiger partial charge in [-0.15, -0.1) is 0 Å². The van der Waals surface area contributed by atoms with E-state index in [1.807, 2.05) is 0 Å². The molecule has 0 heterocycles. The number of carbonyl (C=O) groups excluding carboxylic acids is 1. The summed E-state index contributed by atoms with van der Waals surface area (Å²) in [5, 5.41) is 3.18. The summed E-state index contributed by atoms with van der Waals surface area (Å²) >= 11 is 9.37. The fourth-order valence-corrected chi connectivity index (χ4v) is 2.21. The second-order valence-electron chi connectivity index (χ2n) is 4.04. The van der Waals surface area contributed by atoms with Crippen molar-refractivity contribution in [2.75, 3.05) is 18.2 Å². The number of amides is 1. The maximum atomic E-state index is 12.3. The third kappa shape index (κ3) is 3.23. The van der Waals surface area contributed by atoms with Crippen LogP contribution < -0.4 is 15.8 Å². The number of nitrogens with two attached hydrogens (primary N) is 1. The number of methoxy groups -OCH3 is 1. The number of carbonyl (C=O) groups is 1. The summed E-state index contributed by atoms with van der Waals surface area (Å²) in [6, 6.07) is 10.1. The van der Waals surface area contributed by atoms with Gasteiger partial charge < -0.3 is 15.8 Å². The third-order valence-electron chi connectivity index (χ3n) is 2.64. The highest BCUT2D eigenvalue weighted by Gasteiger charge is 2.14. The van der Waals surface area contributed by atoms with Gasteiger partial charge >= 0.3 is 0 Å². The fraction of sp³-hybridized carbons (Fsp3) is 0.0714. The molecular weight excluding hydrogens is 344 g/mol. The predicted molar refractivity (Wildman–Crippen MR) is 84.5 cm³/mol. The fourth-order valence-electron chi connectivity index (χ4n) is 1.69. The first-order valence-electron chi connectivity index (χ1n) is 5.71. The molecular formula is C14H12BrClN2O2. The van der Waals surface area contributed by atoms with Crippen molar-refractivity contribution < 1.29 is 9.53 Å². The quantitative estimate of drug-likeness (QED) is 0.820. The smallest absolute Gasteiger partial charge is 0.259 e. The summed E-state index contributed by atoms with van der Waals surface area (Å²) in [6.45, 7) is 0. The summed E-state index contributed by atoms with van der Waals surface area (Å²) in [6.07, 6.45) is 0. The van der Waals surface area contributed by atoms with Crippen LogP contribution in [0.5, 0.6) is 5.75 Å². The van der Waals surface area contributed by atoms with Crippen LogP contribution >= 0.6 is 27.5 Å². The van der Waals surface area contributed by atoms with Crippen LogP contribution in [0.3, 0.4) is 0 Å². The van der Waals surface area contributed by atoms with Crippen molar-refractivity contribution in [2.24, 2.45) is 0 Å². The van der Waals surface area contributed by atoms with Crippen LogP contribution in [0.25, 0.3) is 0 Å². The van der Waals surface area contributed by atoms with Gasteiger partial charge in [-0.25, -0.2) is 0 Å². The molecule has 0 bridgehead atoms. The average Bonchev–Trinajstić information content (AvgIpc) is 2.42. The van der Waals surface area contributed by atoms with E-state index >= 15 is 0 Å². The van der Waals surface area contributed by atoms with Gasteiger partial charge in [0.1, 0.15) is 5.75 Å². The summed E-state index contributed by atoms with van der Waals surface area (Å²) in [5.74, 6) is 0.108. The van der Waals surface area contributed by atoms with Crippen LogP contribution in [-0.2, 0) is 0 Å². The lowest BCUT2D eigenvalue weighted by molar-refractivity contribution is 0.102. The number of nitrogen functional groups attached to an aromatic ring is 1. The molecule has 0 radical (unpaired) electrons. The molecule has 0 aliphatic rings. The number of ether oxygens (including phenoxy) is 1. The van der Waals surface area contributed by atoms with Crippen LogP contribution in [0.2, 0.25) is 5.02 Å². The average molecular weight is 356 g/mol. The molecule has 0 saturated carbocycles. The van der Waals surface area contributed by atoms with E-state index in [4.69, 9.17) is 22.1 Å². The zero-order valence-electron chi connectivity index (χ0n) is 10.6. The monoisotopic (exact) mass is 354 g/mol. The van der Waals surface area contributed by atoms with Gasteiger partial charge in [-0.3, -0.25) is 4.79 Å². The number of anilines is 2. The molecule has 0 fully saturated rings. The second kappa shape index (κ2) is 6.15. The standard InChI is InChI=1S/C14H12BrClN2O2/c1-20-13-5-3-9(17)7-10(13)14(19)18-12-6-8(15)2-4-11(12)16/h2-7H,17H2,1H3,(H,18,19). The van der Waals surface area contributed by atoms with E-state index in [9.17, 15) is 4.79 Å². The summed E-state index contributed by atoms with van der Waals surface area (Å²) in [4.78, 5) is 12.3. The van der Waals surface area contributed by atoms with Gasteiger partial charge in [0.25, 0.3) is 5.91 Å². The molecule has 1 amide bonds. The van der Waals surface area contributed by atoms with Crippen LogP contribution in [0.1, 0.15) is 10.4 Å². The molecule has 104 valence electrons. The third-order valence-corrected chi connectivity index (χ3v) is 3.47. The van der Waals surface area contributed by atoms with Crippen molar-refractivity contribution in [3.63, 3.8) is 0 Å². The highest BCUT2D eigenvalue weighted by Crippen LogP contribution is 2.28. The Balaban J connectivity index is 2.32. The molecule has 6 heteroatoms. The van der Waals surface area contributed by atoms with Crippen molar-refractivity contribution in [3.05, 3.63) is 51.5 Å². The first-order chi connectivity index (χ1) is 9.51. The molecule has 2 rings (SSSR count). The highest BCUT2D eigenvalue weighted by atomic mass is 79.9. The lowest BCUT2D eigenvalue weighted by Gasteiger charge is -2.11. The van der Waals surface area contributed by atoms with Gasteiger partial charge in [0.15, 0.2) is 0 Å². The SMILES string of the molecule is COc1ccc(N)cc1C(=O)Nc1cc(Br)ccc1Cl. The van der Waals surface area contributed by atoms with Gasteiger partial charge in [0.2, 0.25) is 0 Å². The molecule has 4 nitrogen and oxygen atoms in total. The first-order valence-corrected chi connectivity index (χ1v) is 6.88. The molecule has 20 heavy (non-hydrogen) atoms. The van der Waals surface area contributed by atoms with Gasteiger partial charge in [0.05, 0.1) is 23.4 Å². The van der Waals surface area contributed by atoms with E-state index in [0.29, 0.717) is 27.7 Å². The van der Waals surface area contributed by atoms with Crippen molar-refractivity contribution >= 4 is 44.8 Å². The Kier molecular flexibility index (Phi) is 4.52. The second-order valence-corrected chi connectivity index (χ2v) is 5.36. The van der Waals surface area contributed by atoms with Gasteiger partial charge in [-0.1, -0.05) is 27.5 Å². The lowest BCUT2D eigenvalue weighted by atomic mass is 10.1. The van der Waals surface area contributed by atoms with E-state index in [-0.39, 0.29) is 5.91 Å². The van der Waals surface area contributed by atoms with Crippen LogP contribution in [0.15, 0.2) is 40.9 Å². The normalized spacial score (nSPS) is 10.2. The predicted octanol–water partition coefficient (Wildman–Crippen LogP) is 3.95. The number of halogens is 2. The lowest BCUT2D eigenvalue weighted by Crippen LogP contribution is -2.14. The van der Waals surface area contributed by atoms with Crippen LogP contribution in [0.4, 0.5) is 11.4 Å². The molecule has 2 aromatic rings. The van der Waals surface area contributed by atoms with Gasteiger partial charge in [-0.05, 0) is 36.4 Å². The summed E-state index contributed by atoms with van der Waals surface area (Å²) < 4.78 is 5.97. The molecule has 0 spiro atoms. The molecule has 0 unspecified atom stereocenters. The minimum absolute atomic E-state index is 0.339. The minimum Gasteiger partial charge on any atom is -0.496 e. The Morgan fingerprint density at radius 1 is 1.30 bits per heavy atom. The number of nitrogens with one attached hydrogen (secondary N) is 1. The molecule has 0 atom stereocenters. The maximum Gasteiger partial charge on any atom is 0.259 e. The Bertz CT molecular complexity index is 662. The van der Waals surface area contributed by atoms with Crippen molar-refractivity contribution in [2.45, 2.75) is 0 Å². The molecule has 2 aromatic carbocycles. The Labute approximate surface area is 130 Å². The minimum atomic E-state index is -0.339. The maximum absolute atomic E-state index is 12.3. The largest absolute Gasteiger partial charge is 0.496 e. The number of rotatable bonds is 3. The van der Waals surface area contributed by atoms with E-state index < -0.39 is 0 Å². The number of benzene rings is 2. The van der Waals surface area contributed by atoms with Crippen molar-refractivity contribution in [3.8, 4) is 5.75 Å². The number of hydrogen-bond donors (Lipinski definition) is 2. The topological polar surface area (TPSA) is 64.3 Å². The summed E-state index contributed by atoms with van der Waals surface area (Å²) in [7, 11) is 1.49. The molecule has 0 aromatic heterocycles. The van der Waals surface area contributed by atoms with E-state index in [1.165, 1.54) is 7.11 Å². The molecule has 0 aliphatic heterocycles. The zero-order chi connectivity index (χ0) is 14.7. The zero-order valence-corrected chi connectivity index (χ0v) is 13.0. The first kappa shape index (κ1) is 14.7. The van der Waals surface area contributed by atoms with Gasteiger partial charge in [-0.2, -0.15) is 0 Å². The Morgan fingerprint density at radius 2 is 2.05 bits per heavy atom. The Morgan fingerprint density at radius 3 is 2.75 bits per heavy atom. The van der Waals surface area contributed by atoms with Crippen LogP contribution in [0, 0.1) is 0 Å².